The SMILES string of the molecule is Cc1ccc(C(CNC(=O)c2ccccc2[N+](=O)[O-])N2CCOCC2)o1. The highest BCUT2D eigenvalue weighted by Gasteiger charge is 2.27. The minimum Gasteiger partial charge on any atom is -0.465 e. The van der Waals surface area contributed by atoms with Crippen molar-refractivity contribution in [3.63, 3.8) is 0 Å². The fraction of sp³-hybridized carbons (Fsp3) is 0.389. The summed E-state index contributed by atoms with van der Waals surface area (Å²) in [6, 6.07) is 9.55. The Kier molecular flexibility index (Phi) is 5.65. The summed E-state index contributed by atoms with van der Waals surface area (Å²) in [4.78, 5) is 25.3. The van der Waals surface area contributed by atoms with Gasteiger partial charge in [0.05, 0.1) is 24.2 Å². The first-order chi connectivity index (χ1) is 12.6. The molecule has 1 aromatic carbocycles. The standard InChI is InChI=1S/C18H21N3O5/c1-13-6-7-17(26-13)16(20-8-10-25-11-9-20)12-19-18(22)14-4-2-3-5-15(14)21(23)24/h2-7,16H,8-12H2,1H3,(H,19,22). The molecule has 1 atom stereocenters. The smallest absolute Gasteiger partial charge is 0.282 e. The number of carbonyl (C=O) groups is 1. The zero-order valence-corrected chi connectivity index (χ0v) is 14.5. The summed E-state index contributed by atoms with van der Waals surface area (Å²) < 4.78 is 11.2. The van der Waals surface area contributed by atoms with Crippen LogP contribution in [-0.2, 0) is 4.74 Å². The third-order valence-corrected chi connectivity index (χ3v) is 4.38. The molecule has 8 nitrogen and oxygen atoms in total. The van der Waals surface area contributed by atoms with Gasteiger partial charge in [0.25, 0.3) is 11.6 Å². The first-order valence-electron chi connectivity index (χ1n) is 8.46. The van der Waals surface area contributed by atoms with Crippen molar-refractivity contribution in [3.8, 4) is 0 Å². The second kappa shape index (κ2) is 8.11. The van der Waals surface area contributed by atoms with E-state index in [2.05, 4.69) is 10.2 Å². The van der Waals surface area contributed by atoms with Crippen LogP contribution in [0.2, 0.25) is 0 Å². The van der Waals surface area contributed by atoms with Crippen molar-refractivity contribution in [2.75, 3.05) is 32.8 Å². The van der Waals surface area contributed by atoms with Crippen molar-refractivity contribution in [2.24, 2.45) is 0 Å². The number of furan rings is 1. The number of nitro benzene ring substituents is 1. The molecule has 8 heteroatoms. The number of benzene rings is 1. The number of morpholine rings is 1. The zero-order chi connectivity index (χ0) is 18.5. The van der Waals surface area contributed by atoms with Crippen LogP contribution in [0, 0.1) is 17.0 Å². The molecule has 3 rings (SSSR count). The highest BCUT2D eigenvalue weighted by Crippen LogP contribution is 2.24. The lowest BCUT2D eigenvalue weighted by Gasteiger charge is -2.33. The Hall–Kier alpha value is -2.71. The van der Waals surface area contributed by atoms with E-state index >= 15 is 0 Å². The molecule has 0 aliphatic carbocycles. The average molecular weight is 359 g/mol. The Morgan fingerprint density at radius 1 is 1.27 bits per heavy atom. The van der Waals surface area contributed by atoms with Crippen LogP contribution in [0.25, 0.3) is 0 Å². The molecule has 1 N–H and O–H groups in total. The van der Waals surface area contributed by atoms with Gasteiger partial charge in [-0.1, -0.05) is 12.1 Å². The summed E-state index contributed by atoms with van der Waals surface area (Å²) in [6.07, 6.45) is 0. The minimum absolute atomic E-state index is 0.0499. The molecule has 0 saturated carbocycles. The molecule has 0 radical (unpaired) electrons. The monoisotopic (exact) mass is 359 g/mol. The van der Waals surface area contributed by atoms with Crippen molar-refractivity contribution in [1.29, 1.82) is 0 Å². The molecule has 1 fully saturated rings. The van der Waals surface area contributed by atoms with Crippen LogP contribution in [0.4, 0.5) is 5.69 Å². The van der Waals surface area contributed by atoms with Gasteiger partial charge in [0.1, 0.15) is 17.1 Å². The third-order valence-electron chi connectivity index (χ3n) is 4.38. The Bertz CT molecular complexity index is 783. The van der Waals surface area contributed by atoms with Gasteiger partial charge in [0, 0.05) is 25.7 Å². The number of rotatable bonds is 6. The van der Waals surface area contributed by atoms with Gasteiger partial charge >= 0.3 is 0 Å². The maximum atomic E-state index is 12.5. The van der Waals surface area contributed by atoms with Crippen LogP contribution in [0.3, 0.4) is 0 Å². The van der Waals surface area contributed by atoms with Gasteiger partial charge in [-0.05, 0) is 25.1 Å². The molecule has 2 heterocycles. The number of amides is 1. The predicted molar refractivity (Wildman–Crippen MR) is 94.0 cm³/mol. The predicted octanol–water partition coefficient (Wildman–Crippen LogP) is 2.30. The van der Waals surface area contributed by atoms with Crippen LogP contribution < -0.4 is 5.32 Å². The molecule has 1 aliphatic rings. The molecule has 0 spiro atoms. The number of para-hydroxylation sites is 1. The maximum absolute atomic E-state index is 12.5. The van der Waals surface area contributed by atoms with Crippen LogP contribution >= 0.6 is 0 Å². The van der Waals surface area contributed by atoms with Crippen LogP contribution in [0.1, 0.15) is 27.9 Å². The summed E-state index contributed by atoms with van der Waals surface area (Å²) in [5, 5.41) is 13.9. The number of nitrogens with zero attached hydrogens (tertiary/aromatic N) is 2. The second-order valence-electron chi connectivity index (χ2n) is 6.10. The second-order valence-corrected chi connectivity index (χ2v) is 6.10. The molecule has 26 heavy (non-hydrogen) atoms. The molecule has 1 aliphatic heterocycles. The number of hydrogen-bond donors (Lipinski definition) is 1. The number of nitro groups is 1. The van der Waals surface area contributed by atoms with Gasteiger partial charge in [-0.25, -0.2) is 0 Å². The summed E-state index contributed by atoms with van der Waals surface area (Å²) >= 11 is 0. The first kappa shape index (κ1) is 18.1. The lowest BCUT2D eigenvalue weighted by Crippen LogP contribution is -2.43. The maximum Gasteiger partial charge on any atom is 0.282 e. The van der Waals surface area contributed by atoms with Crippen LogP contribution in [0.5, 0.6) is 0 Å². The van der Waals surface area contributed by atoms with Gasteiger partial charge < -0.3 is 14.5 Å². The van der Waals surface area contributed by atoms with Crippen LogP contribution in [0.15, 0.2) is 40.8 Å². The summed E-state index contributed by atoms with van der Waals surface area (Å²) in [5.74, 6) is 1.08. The van der Waals surface area contributed by atoms with E-state index in [1.165, 1.54) is 18.2 Å². The number of aryl methyl sites for hydroxylation is 1. The first-order valence-corrected chi connectivity index (χ1v) is 8.46. The summed E-state index contributed by atoms with van der Waals surface area (Å²) in [7, 11) is 0. The number of carbonyl (C=O) groups excluding carboxylic acids is 1. The van der Waals surface area contributed by atoms with Gasteiger partial charge in [-0.2, -0.15) is 0 Å². The van der Waals surface area contributed by atoms with E-state index in [1.54, 1.807) is 6.07 Å². The topological polar surface area (TPSA) is 97.8 Å². The van der Waals surface area contributed by atoms with Gasteiger partial charge in [0.2, 0.25) is 0 Å². The van der Waals surface area contributed by atoms with E-state index in [0.29, 0.717) is 13.2 Å². The molecular weight excluding hydrogens is 338 g/mol. The molecule has 2 aromatic rings. The van der Waals surface area contributed by atoms with Crippen molar-refractivity contribution in [1.82, 2.24) is 10.2 Å². The largest absolute Gasteiger partial charge is 0.465 e. The summed E-state index contributed by atoms with van der Waals surface area (Å²) in [6.45, 7) is 4.85. The van der Waals surface area contributed by atoms with Crippen molar-refractivity contribution in [3.05, 3.63) is 63.6 Å². The van der Waals surface area contributed by atoms with E-state index in [9.17, 15) is 14.9 Å². The highest BCUT2D eigenvalue weighted by molar-refractivity contribution is 5.98. The average Bonchev–Trinajstić information content (AvgIpc) is 3.08. The molecule has 1 aromatic heterocycles. The van der Waals surface area contributed by atoms with Crippen molar-refractivity contribution >= 4 is 11.6 Å². The van der Waals surface area contributed by atoms with Crippen molar-refractivity contribution in [2.45, 2.75) is 13.0 Å². The van der Waals surface area contributed by atoms with Gasteiger partial charge in [-0.15, -0.1) is 0 Å². The van der Waals surface area contributed by atoms with E-state index in [1.807, 2.05) is 19.1 Å². The van der Waals surface area contributed by atoms with E-state index in [0.717, 1.165) is 24.6 Å². The Morgan fingerprint density at radius 3 is 2.65 bits per heavy atom. The van der Waals surface area contributed by atoms with Gasteiger partial charge in [-0.3, -0.25) is 19.8 Å². The Balaban J connectivity index is 1.75. The highest BCUT2D eigenvalue weighted by atomic mass is 16.6. The van der Waals surface area contributed by atoms with E-state index < -0.39 is 10.8 Å². The fourth-order valence-corrected chi connectivity index (χ4v) is 3.04. The molecule has 138 valence electrons. The minimum atomic E-state index is -0.551. The zero-order valence-electron chi connectivity index (χ0n) is 14.5. The fourth-order valence-electron chi connectivity index (χ4n) is 3.04. The molecule has 1 amide bonds. The van der Waals surface area contributed by atoms with E-state index in [4.69, 9.17) is 9.15 Å². The third kappa shape index (κ3) is 4.09. The molecule has 0 bridgehead atoms. The van der Waals surface area contributed by atoms with E-state index in [-0.39, 0.29) is 23.8 Å². The van der Waals surface area contributed by atoms with Crippen molar-refractivity contribution < 1.29 is 18.9 Å². The lowest BCUT2D eigenvalue weighted by molar-refractivity contribution is -0.385. The number of ether oxygens (including phenoxy) is 1. The van der Waals surface area contributed by atoms with Gasteiger partial charge in [0.15, 0.2) is 0 Å². The Morgan fingerprint density at radius 2 is 2.00 bits per heavy atom. The molecule has 1 unspecified atom stereocenters. The quantitative estimate of drug-likeness (QED) is 0.628. The summed E-state index contributed by atoms with van der Waals surface area (Å²) in [5.41, 5.74) is -0.157. The van der Waals surface area contributed by atoms with Crippen LogP contribution in [-0.4, -0.2) is 48.6 Å². The number of hydrogen-bond acceptors (Lipinski definition) is 6. The normalized spacial score (nSPS) is 16.2. The Labute approximate surface area is 150 Å². The molecule has 1 saturated heterocycles. The molecular formula is C18H21N3O5. The lowest BCUT2D eigenvalue weighted by atomic mass is 10.1. The number of nitrogens with one attached hydrogen (secondary N) is 1.